The Kier molecular flexibility index (Phi) is 8.47. The lowest BCUT2D eigenvalue weighted by Gasteiger charge is -2.29. The van der Waals surface area contributed by atoms with Gasteiger partial charge in [0.25, 0.3) is 0 Å². The monoisotopic (exact) mass is 349 g/mol. The highest BCUT2D eigenvalue weighted by atomic mass is 32.2. The molecule has 5 heteroatoms. The predicted octanol–water partition coefficient (Wildman–Crippen LogP) is 3.54. The van der Waals surface area contributed by atoms with Crippen molar-refractivity contribution in [3.63, 3.8) is 0 Å². The molecule has 0 bridgehead atoms. The summed E-state index contributed by atoms with van der Waals surface area (Å²) in [5.74, 6) is 1.94. The number of nitrogens with one attached hydrogen (secondary N) is 2. The maximum atomic E-state index is 5.31. The zero-order valence-corrected chi connectivity index (χ0v) is 15.8. The Bertz CT molecular complexity index is 487. The summed E-state index contributed by atoms with van der Waals surface area (Å²) < 4.78 is 5.31. The molecular formula is C19H31N3OS. The summed E-state index contributed by atoms with van der Waals surface area (Å²) in [5.41, 5.74) is 0.381. The number of aliphatic imine (C=N–C) groups is 1. The summed E-state index contributed by atoms with van der Waals surface area (Å²) in [6.07, 6.45) is 6.40. The Balaban J connectivity index is 1.69. The van der Waals surface area contributed by atoms with Crippen LogP contribution in [0.1, 0.15) is 32.1 Å². The van der Waals surface area contributed by atoms with Crippen LogP contribution in [0.25, 0.3) is 0 Å². The molecule has 0 heterocycles. The van der Waals surface area contributed by atoms with Crippen LogP contribution in [0.4, 0.5) is 0 Å². The lowest BCUT2D eigenvalue weighted by molar-refractivity contribution is 0.138. The Morgan fingerprint density at radius 1 is 1.21 bits per heavy atom. The highest BCUT2D eigenvalue weighted by molar-refractivity contribution is 7.99. The zero-order chi connectivity index (χ0) is 17.1. The molecule has 0 radical (unpaired) electrons. The van der Waals surface area contributed by atoms with E-state index < -0.39 is 0 Å². The second kappa shape index (κ2) is 10.6. The summed E-state index contributed by atoms with van der Waals surface area (Å²) in [6.45, 7) is 2.74. The van der Waals surface area contributed by atoms with Gasteiger partial charge in [-0.2, -0.15) is 0 Å². The standard InChI is InChI=1S/C19H31N3OS/c1-20-18(21-13-15-24-17-8-4-3-5-9-17)22-16-19(12-14-23-2)10-6-7-11-19/h3-5,8-9H,6-7,10-16H2,1-2H3,(H2,20,21,22). The van der Waals surface area contributed by atoms with Crippen LogP contribution < -0.4 is 10.6 Å². The molecule has 0 saturated heterocycles. The van der Waals surface area contributed by atoms with E-state index in [9.17, 15) is 0 Å². The van der Waals surface area contributed by atoms with E-state index >= 15 is 0 Å². The highest BCUT2D eigenvalue weighted by Gasteiger charge is 2.33. The van der Waals surface area contributed by atoms with Crippen molar-refractivity contribution in [1.82, 2.24) is 10.6 Å². The van der Waals surface area contributed by atoms with Gasteiger partial charge < -0.3 is 15.4 Å². The second-order valence-corrected chi connectivity index (χ2v) is 7.63. The van der Waals surface area contributed by atoms with E-state index in [-0.39, 0.29) is 0 Å². The first kappa shape index (κ1) is 19.1. The molecule has 1 aromatic rings. The molecular weight excluding hydrogens is 318 g/mol. The van der Waals surface area contributed by atoms with Gasteiger partial charge in [0, 0.05) is 44.5 Å². The van der Waals surface area contributed by atoms with E-state index in [1.54, 1.807) is 7.11 Å². The molecule has 2 rings (SSSR count). The van der Waals surface area contributed by atoms with Crippen molar-refractivity contribution < 1.29 is 4.74 Å². The number of ether oxygens (including phenoxy) is 1. The van der Waals surface area contributed by atoms with E-state index in [0.717, 1.165) is 37.8 Å². The lowest BCUT2D eigenvalue weighted by Crippen LogP contribution is -2.44. The van der Waals surface area contributed by atoms with Crippen molar-refractivity contribution in [3.05, 3.63) is 30.3 Å². The molecule has 0 spiro atoms. The van der Waals surface area contributed by atoms with Gasteiger partial charge in [-0.05, 0) is 36.8 Å². The third-order valence-electron chi connectivity index (χ3n) is 4.76. The van der Waals surface area contributed by atoms with E-state index in [0.29, 0.717) is 5.41 Å². The summed E-state index contributed by atoms with van der Waals surface area (Å²) in [6, 6.07) is 10.5. The van der Waals surface area contributed by atoms with Crippen molar-refractivity contribution in [2.75, 3.05) is 39.6 Å². The largest absolute Gasteiger partial charge is 0.385 e. The van der Waals surface area contributed by atoms with Crippen molar-refractivity contribution in [2.45, 2.75) is 37.0 Å². The Hall–Kier alpha value is -1.20. The predicted molar refractivity (Wildman–Crippen MR) is 104 cm³/mol. The first-order valence-electron chi connectivity index (χ1n) is 8.89. The number of rotatable bonds is 9. The van der Waals surface area contributed by atoms with Gasteiger partial charge in [-0.1, -0.05) is 31.0 Å². The molecule has 1 aliphatic rings. The molecule has 0 amide bonds. The summed E-state index contributed by atoms with van der Waals surface area (Å²) in [4.78, 5) is 5.67. The maximum absolute atomic E-state index is 5.31. The minimum absolute atomic E-state index is 0.381. The van der Waals surface area contributed by atoms with Crippen LogP contribution in [-0.2, 0) is 4.74 Å². The fraction of sp³-hybridized carbons (Fsp3) is 0.632. The van der Waals surface area contributed by atoms with Crippen molar-refractivity contribution in [3.8, 4) is 0 Å². The number of thioether (sulfide) groups is 1. The van der Waals surface area contributed by atoms with E-state index in [1.807, 2.05) is 18.8 Å². The van der Waals surface area contributed by atoms with E-state index in [1.165, 1.54) is 30.6 Å². The number of hydrogen-bond donors (Lipinski definition) is 2. The first-order valence-corrected chi connectivity index (χ1v) is 9.88. The first-order chi connectivity index (χ1) is 11.8. The van der Waals surface area contributed by atoms with Crippen molar-refractivity contribution >= 4 is 17.7 Å². The van der Waals surface area contributed by atoms with Gasteiger partial charge in [-0.25, -0.2) is 0 Å². The fourth-order valence-electron chi connectivity index (χ4n) is 3.31. The smallest absolute Gasteiger partial charge is 0.191 e. The number of methoxy groups -OCH3 is 1. The topological polar surface area (TPSA) is 45.7 Å². The van der Waals surface area contributed by atoms with Gasteiger partial charge in [-0.3, -0.25) is 4.99 Å². The van der Waals surface area contributed by atoms with Crippen LogP contribution >= 0.6 is 11.8 Å². The Morgan fingerprint density at radius 2 is 1.96 bits per heavy atom. The normalized spacial score (nSPS) is 17.0. The molecule has 134 valence electrons. The third kappa shape index (κ3) is 6.36. The molecule has 1 saturated carbocycles. The van der Waals surface area contributed by atoms with Gasteiger partial charge in [0.05, 0.1) is 0 Å². The van der Waals surface area contributed by atoms with Crippen LogP contribution in [0.2, 0.25) is 0 Å². The number of guanidine groups is 1. The lowest BCUT2D eigenvalue weighted by atomic mass is 9.83. The molecule has 24 heavy (non-hydrogen) atoms. The molecule has 1 fully saturated rings. The Morgan fingerprint density at radius 3 is 2.62 bits per heavy atom. The highest BCUT2D eigenvalue weighted by Crippen LogP contribution is 2.40. The van der Waals surface area contributed by atoms with Gasteiger partial charge in [0.1, 0.15) is 0 Å². The van der Waals surface area contributed by atoms with Gasteiger partial charge >= 0.3 is 0 Å². The van der Waals surface area contributed by atoms with Crippen molar-refractivity contribution in [2.24, 2.45) is 10.4 Å². The van der Waals surface area contributed by atoms with Crippen LogP contribution in [0, 0.1) is 5.41 Å². The molecule has 2 N–H and O–H groups in total. The minimum Gasteiger partial charge on any atom is -0.385 e. The Labute approximate surface area is 150 Å². The molecule has 1 aliphatic carbocycles. The van der Waals surface area contributed by atoms with E-state index in [4.69, 9.17) is 4.74 Å². The van der Waals surface area contributed by atoms with Crippen LogP contribution in [0.3, 0.4) is 0 Å². The van der Waals surface area contributed by atoms with Crippen LogP contribution in [0.5, 0.6) is 0 Å². The average Bonchev–Trinajstić information content (AvgIpc) is 3.09. The molecule has 0 aliphatic heterocycles. The van der Waals surface area contributed by atoms with Gasteiger partial charge in [0.15, 0.2) is 5.96 Å². The van der Waals surface area contributed by atoms with Crippen LogP contribution in [0.15, 0.2) is 40.2 Å². The summed E-state index contributed by atoms with van der Waals surface area (Å²) >= 11 is 1.86. The average molecular weight is 350 g/mol. The SMILES string of the molecule is CN=C(NCCSc1ccccc1)NCC1(CCOC)CCCC1. The summed E-state index contributed by atoms with van der Waals surface area (Å²) in [5, 5.41) is 6.96. The quantitative estimate of drug-likeness (QED) is 0.310. The molecule has 0 unspecified atom stereocenters. The molecule has 1 aromatic carbocycles. The van der Waals surface area contributed by atoms with E-state index in [2.05, 4.69) is 46.0 Å². The minimum atomic E-state index is 0.381. The number of benzene rings is 1. The summed E-state index contributed by atoms with van der Waals surface area (Å²) in [7, 11) is 3.64. The third-order valence-corrected chi connectivity index (χ3v) is 5.78. The molecule has 0 atom stereocenters. The fourth-order valence-corrected chi connectivity index (χ4v) is 4.10. The van der Waals surface area contributed by atoms with Gasteiger partial charge in [-0.15, -0.1) is 11.8 Å². The van der Waals surface area contributed by atoms with Gasteiger partial charge in [0.2, 0.25) is 0 Å². The second-order valence-electron chi connectivity index (χ2n) is 6.46. The number of nitrogens with zero attached hydrogens (tertiary/aromatic N) is 1. The number of hydrogen-bond acceptors (Lipinski definition) is 3. The van der Waals surface area contributed by atoms with Crippen molar-refractivity contribution in [1.29, 1.82) is 0 Å². The molecule has 0 aromatic heterocycles. The zero-order valence-electron chi connectivity index (χ0n) is 15.0. The maximum Gasteiger partial charge on any atom is 0.191 e. The van der Waals surface area contributed by atoms with Crippen LogP contribution in [-0.4, -0.2) is 45.6 Å². The molecule has 4 nitrogen and oxygen atoms in total.